The second-order valence-corrected chi connectivity index (χ2v) is 8.15. The number of rotatable bonds is 4. The molecule has 0 heterocycles. The van der Waals surface area contributed by atoms with Crippen molar-refractivity contribution in [3.05, 3.63) is 35.1 Å². The molecule has 1 aromatic rings. The van der Waals surface area contributed by atoms with E-state index < -0.39 is 10.0 Å². The van der Waals surface area contributed by atoms with Gasteiger partial charge in [-0.2, -0.15) is 0 Å². The maximum atomic E-state index is 14.3. The molecule has 0 bridgehead atoms. The molecule has 118 valence electrons. The minimum atomic E-state index is -3.15. The Morgan fingerprint density at radius 3 is 2.29 bits per heavy atom. The summed E-state index contributed by atoms with van der Waals surface area (Å²) in [6.45, 7) is 4.10. The van der Waals surface area contributed by atoms with E-state index in [0.29, 0.717) is 5.92 Å². The van der Waals surface area contributed by atoms with E-state index in [1.54, 1.807) is 6.07 Å². The van der Waals surface area contributed by atoms with Crippen molar-refractivity contribution >= 4 is 10.0 Å². The first kappa shape index (κ1) is 16.4. The van der Waals surface area contributed by atoms with Crippen LogP contribution in [-0.2, 0) is 10.0 Å². The Morgan fingerprint density at radius 1 is 1.19 bits per heavy atom. The summed E-state index contributed by atoms with van der Waals surface area (Å²) in [6, 6.07) is 5.54. The first-order valence-corrected chi connectivity index (χ1v) is 9.42. The second kappa shape index (κ2) is 6.44. The molecule has 2 rings (SSSR count). The van der Waals surface area contributed by atoms with Crippen LogP contribution in [0.4, 0.5) is 4.39 Å². The molecule has 0 aliphatic heterocycles. The van der Waals surface area contributed by atoms with E-state index in [1.807, 2.05) is 12.1 Å². The Balaban J connectivity index is 2.02. The number of sulfonamides is 1. The number of benzene rings is 1. The fourth-order valence-corrected chi connectivity index (χ4v) is 3.90. The zero-order chi connectivity index (χ0) is 15.6. The summed E-state index contributed by atoms with van der Waals surface area (Å²) in [4.78, 5) is 0. The molecular weight excluding hydrogens is 289 g/mol. The maximum absolute atomic E-state index is 14.3. The van der Waals surface area contributed by atoms with Gasteiger partial charge < -0.3 is 0 Å². The summed E-state index contributed by atoms with van der Waals surface area (Å²) in [5, 5.41) is 0. The fourth-order valence-electron chi connectivity index (χ4n) is 3.06. The van der Waals surface area contributed by atoms with Gasteiger partial charge in [-0.15, -0.1) is 0 Å². The van der Waals surface area contributed by atoms with Gasteiger partial charge in [-0.3, -0.25) is 0 Å². The van der Waals surface area contributed by atoms with E-state index in [1.165, 1.54) is 6.26 Å². The number of hydrogen-bond donors (Lipinski definition) is 1. The van der Waals surface area contributed by atoms with Gasteiger partial charge in [0.15, 0.2) is 0 Å². The van der Waals surface area contributed by atoms with Crippen LogP contribution in [0.3, 0.4) is 0 Å². The monoisotopic (exact) mass is 313 g/mol. The Hall–Kier alpha value is -0.940. The second-order valence-electron chi connectivity index (χ2n) is 6.37. The first-order valence-electron chi connectivity index (χ1n) is 7.53. The Labute approximate surface area is 127 Å². The van der Waals surface area contributed by atoms with E-state index in [9.17, 15) is 12.8 Å². The van der Waals surface area contributed by atoms with Crippen LogP contribution in [-0.4, -0.2) is 20.7 Å². The molecule has 21 heavy (non-hydrogen) atoms. The normalized spacial score (nSPS) is 23.5. The van der Waals surface area contributed by atoms with Gasteiger partial charge in [-0.05, 0) is 54.7 Å². The summed E-state index contributed by atoms with van der Waals surface area (Å²) < 4.78 is 39.4. The highest BCUT2D eigenvalue weighted by atomic mass is 32.2. The summed E-state index contributed by atoms with van der Waals surface area (Å²) in [5.41, 5.74) is 1.79. The predicted octanol–water partition coefficient (Wildman–Crippen LogP) is 3.52. The molecule has 0 aromatic heterocycles. The topological polar surface area (TPSA) is 46.2 Å². The SMILES string of the molecule is CC(C)c1ccc(C2CCC(NS(C)(=O)=O)CC2)c(F)c1. The lowest BCUT2D eigenvalue weighted by Gasteiger charge is -2.29. The van der Waals surface area contributed by atoms with E-state index in [0.717, 1.165) is 36.8 Å². The lowest BCUT2D eigenvalue weighted by Crippen LogP contribution is -2.36. The Morgan fingerprint density at radius 2 is 1.81 bits per heavy atom. The van der Waals surface area contributed by atoms with Crippen molar-refractivity contribution in [1.82, 2.24) is 4.72 Å². The number of hydrogen-bond acceptors (Lipinski definition) is 2. The average molecular weight is 313 g/mol. The third-order valence-corrected chi connectivity index (χ3v) is 5.00. The molecular formula is C16H24FNO2S. The molecule has 0 spiro atoms. The van der Waals surface area contributed by atoms with Gasteiger partial charge in [0.2, 0.25) is 10.0 Å². The van der Waals surface area contributed by atoms with Crippen LogP contribution < -0.4 is 4.72 Å². The van der Waals surface area contributed by atoms with Crippen LogP contribution in [0.25, 0.3) is 0 Å². The highest BCUT2D eigenvalue weighted by molar-refractivity contribution is 7.88. The van der Waals surface area contributed by atoms with Gasteiger partial charge in [-0.25, -0.2) is 17.5 Å². The van der Waals surface area contributed by atoms with E-state index in [-0.39, 0.29) is 17.8 Å². The van der Waals surface area contributed by atoms with Crippen molar-refractivity contribution in [2.24, 2.45) is 0 Å². The lowest BCUT2D eigenvalue weighted by atomic mass is 9.81. The first-order chi connectivity index (χ1) is 9.76. The molecule has 1 aliphatic rings. The Kier molecular flexibility index (Phi) is 5.04. The van der Waals surface area contributed by atoms with Crippen LogP contribution in [0.2, 0.25) is 0 Å². The van der Waals surface area contributed by atoms with Gasteiger partial charge in [-0.1, -0.05) is 26.0 Å². The van der Waals surface area contributed by atoms with Crippen LogP contribution in [0.15, 0.2) is 18.2 Å². The highest BCUT2D eigenvalue weighted by Gasteiger charge is 2.26. The third-order valence-electron chi connectivity index (χ3n) is 4.24. The summed E-state index contributed by atoms with van der Waals surface area (Å²) in [6.07, 6.45) is 4.37. The third kappa shape index (κ3) is 4.51. The molecule has 3 nitrogen and oxygen atoms in total. The standard InChI is InChI=1S/C16H24FNO2S/c1-11(2)13-6-9-15(16(17)10-13)12-4-7-14(8-5-12)18-21(3,19)20/h6,9-12,14,18H,4-5,7-8H2,1-3H3. The van der Waals surface area contributed by atoms with Gasteiger partial charge in [0, 0.05) is 6.04 Å². The van der Waals surface area contributed by atoms with E-state index >= 15 is 0 Å². The van der Waals surface area contributed by atoms with Crippen LogP contribution in [0, 0.1) is 5.82 Å². The van der Waals surface area contributed by atoms with Gasteiger partial charge in [0.25, 0.3) is 0 Å². The van der Waals surface area contributed by atoms with Crippen LogP contribution in [0.5, 0.6) is 0 Å². The molecule has 0 atom stereocenters. The summed E-state index contributed by atoms with van der Waals surface area (Å²) in [7, 11) is -3.15. The molecule has 0 radical (unpaired) electrons. The lowest BCUT2D eigenvalue weighted by molar-refractivity contribution is 0.367. The fraction of sp³-hybridized carbons (Fsp3) is 0.625. The van der Waals surface area contributed by atoms with E-state index in [4.69, 9.17) is 0 Å². The van der Waals surface area contributed by atoms with Crippen molar-refractivity contribution in [3.63, 3.8) is 0 Å². The van der Waals surface area contributed by atoms with Crippen molar-refractivity contribution in [2.75, 3.05) is 6.26 Å². The molecule has 1 saturated carbocycles. The largest absolute Gasteiger partial charge is 0.213 e. The molecule has 1 N–H and O–H groups in total. The predicted molar refractivity (Wildman–Crippen MR) is 83.5 cm³/mol. The molecule has 1 fully saturated rings. The number of nitrogens with one attached hydrogen (secondary N) is 1. The molecule has 0 amide bonds. The summed E-state index contributed by atoms with van der Waals surface area (Å²) >= 11 is 0. The average Bonchev–Trinajstić information content (AvgIpc) is 2.38. The van der Waals surface area contributed by atoms with Crippen LogP contribution in [0.1, 0.15) is 62.5 Å². The molecule has 1 aliphatic carbocycles. The highest BCUT2D eigenvalue weighted by Crippen LogP contribution is 2.35. The minimum Gasteiger partial charge on any atom is -0.213 e. The van der Waals surface area contributed by atoms with Crippen molar-refractivity contribution in [1.29, 1.82) is 0 Å². The Bertz CT molecular complexity index is 590. The van der Waals surface area contributed by atoms with Gasteiger partial charge in [0.1, 0.15) is 5.82 Å². The molecule has 5 heteroatoms. The molecule has 1 aromatic carbocycles. The molecule has 0 saturated heterocycles. The smallest absolute Gasteiger partial charge is 0.208 e. The number of halogens is 1. The van der Waals surface area contributed by atoms with Crippen molar-refractivity contribution in [3.8, 4) is 0 Å². The van der Waals surface area contributed by atoms with Gasteiger partial charge >= 0.3 is 0 Å². The van der Waals surface area contributed by atoms with Crippen molar-refractivity contribution in [2.45, 2.75) is 57.4 Å². The van der Waals surface area contributed by atoms with E-state index in [2.05, 4.69) is 18.6 Å². The summed E-state index contributed by atoms with van der Waals surface area (Å²) in [5.74, 6) is 0.396. The minimum absolute atomic E-state index is 0.00533. The van der Waals surface area contributed by atoms with Crippen LogP contribution >= 0.6 is 0 Å². The van der Waals surface area contributed by atoms with Gasteiger partial charge in [0.05, 0.1) is 6.26 Å². The van der Waals surface area contributed by atoms with Crippen molar-refractivity contribution < 1.29 is 12.8 Å². The maximum Gasteiger partial charge on any atom is 0.208 e. The zero-order valence-electron chi connectivity index (χ0n) is 12.9. The molecule has 0 unspecified atom stereocenters. The zero-order valence-corrected chi connectivity index (χ0v) is 13.7. The quantitative estimate of drug-likeness (QED) is 0.924.